The van der Waals surface area contributed by atoms with Crippen molar-refractivity contribution in [1.82, 2.24) is 10.2 Å². The van der Waals surface area contributed by atoms with Crippen molar-refractivity contribution in [3.63, 3.8) is 0 Å². The van der Waals surface area contributed by atoms with Crippen LogP contribution in [0, 0.1) is 11.3 Å². The van der Waals surface area contributed by atoms with E-state index in [2.05, 4.69) is 50.1 Å². The Morgan fingerprint density at radius 2 is 2.27 bits per heavy atom. The molecule has 3 atom stereocenters. The first kappa shape index (κ1) is 17.2. The molecule has 0 spiro atoms. The number of carbonyl (C=O) groups excluding carboxylic acids is 1. The van der Waals surface area contributed by atoms with Crippen LogP contribution in [0.5, 0.6) is 0 Å². The van der Waals surface area contributed by atoms with Gasteiger partial charge in [0.15, 0.2) is 0 Å². The summed E-state index contributed by atoms with van der Waals surface area (Å²) < 4.78 is 0. The molecule has 0 bridgehead atoms. The standard InChI is InChI=1S/C18H31N3O/c1-5-15(9-10-19)21(6-2)12-16(22)20-17-13(3)7-8-14-11-18(14,17)4/h7-8,14-15H,5-6,9-12,19H2,1-4H3,(H,20,22). The lowest BCUT2D eigenvalue weighted by Crippen LogP contribution is -2.44. The van der Waals surface area contributed by atoms with Crippen LogP contribution in [-0.4, -0.2) is 36.5 Å². The molecule has 1 saturated carbocycles. The third kappa shape index (κ3) is 3.44. The molecule has 3 N–H and O–H groups in total. The van der Waals surface area contributed by atoms with Crippen LogP contribution in [0.2, 0.25) is 0 Å². The molecule has 0 aromatic rings. The summed E-state index contributed by atoms with van der Waals surface area (Å²) >= 11 is 0. The molecule has 2 rings (SSSR count). The molecule has 124 valence electrons. The maximum absolute atomic E-state index is 12.5. The van der Waals surface area contributed by atoms with Crippen molar-refractivity contribution in [1.29, 1.82) is 0 Å². The van der Waals surface area contributed by atoms with Crippen molar-refractivity contribution in [2.45, 2.75) is 53.0 Å². The van der Waals surface area contributed by atoms with Gasteiger partial charge in [-0.2, -0.15) is 0 Å². The van der Waals surface area contributed by atoms with Gasteiger partial charge >= 0.3 is 0 Å². The number of nitrogens with zero attached hydrogens (tertiary/aromatic N) is 1. The monoisotopic (exact) mass is 305 g/mol. The highest BCUT2D eigenvalue weighted by molar-refractivity contribution is 5.80. The van der Waals surface area contributed by atoms with Gasteiger partial charge in [0.05, 0.1) is 6.54 Å². The molecule has 0 radical (unpaired) electrons. The molecule has 2 aliphatic rings. The van der Waals surface area contributed by atoms with Gasteiger partial charge in [0, 0.05) is 17.2 Å². The molecular weight excluding hydrogens is 274 g/mol. The van der Waals surface area contributed by atoms with E-state index >= 15 is 0 Å². The van der Waals surface area contributed by atoms with E-state index in [0.29, 0.717) is 25.0 Å². The predicted molar refractivity (Wildman–Crippen MR) is 91.2 cm³/mol. The second-order valence-corrected chi connectivity index (χ2v) is 6.90. The number of likely N-dealkylation sites (N-methyl/N-ethyl adjacent to an activating group) is 1. The van der Waals surface area contributed by atoms with Crippen LogP contribution < -0.4 is 11.1 Å². The Hall–Kier alpha value is -1.13. The van der Waals surface area contributed by atoms with E-state index in [-0.39, 0.29) is 11.3 Å². The Morgan fingerprint density at radius 1 is 1.55 bits per heavy atom. The molecule has 0 aliphatic heterocycles. The minimum absolute atomic E-state index is 0.105. The van der Waals surface area contributed by atoms with Gasteiger partial charge in [-0.15, -0.1) is 0 Å². The number of fused-ring (bicyclic) bond motifs is 1. The fraction of sp³-hybridized carbons (Fsp3) is 0.722. The molecule has 1 amide bonds. The van der Waals surface area contributed by atoms with Crippen molar-refractivity contribution in [2.75, 3.05) is 19.6 Å². The largest absolute Gasteiger partial charge is 0.330 e. The van der Waals surface area contributed by atoms with Crippen LogP contribution >= 0.6 is 0 Å². The first-order chi connectivity index (χ1) is 10.5. The van der Waals surface area contributed by atoms with Crippen molar-refractivity contribution in [3.8, 4) is 0 Å². The van der Waals surface area contributed by atoms with E-state index in [1.165, 1.54) is 5.57 Å². The zero-order valence-corrected chi connectivity index (χ0v) is 14.5. The van der Waals surface area contributed by atoms with E-state index in [0.717, 1.165) is 31.5 Å². The van der Waals surface area contributed by atoms with Crippen molar-refractivity contribution in [2.24, 2.45) is 17.1 Å². The average molecular weight is 305 g/mol. The number of carbonyl (C=O) groups is 1. The molecule has 2 aliphatic carbocycles. The molecule has 4 nitrogen and oxygen atoms in total. The lowest BCUT2D eigenvalue weighted by atomic mass is 9.93. The van der Waals surface area contributed by atoms with Crippen molar-refractivity contribution in [3.05, 3.63) is 23.4 Å². The van der Waals surface area contributed by atoms with Gasteiger partial charge in [0.1, 0.15) is 0 Å². The molecule has 1 fully saturated rings. The van der Waals surface area contributed by atoms with E-state index in [1.54, 1.807) is 0 Å². The summed E-state index contributed by atoms with van der Waals surface area (Å²) in [4.78, 5) is 14.8. The van der Waals surface area contributed by atoms with Gasteiger partial charge in [-0.25, -0.2) is 0 Å². The zero-order valence-electron chi connectivity index (χ0n) is 14.5. The highest BCUT2D eigenvalue weighted by Gasteiger charge is 2.53. The SMILES string of the molecule is CCC(CCN)N(CC)CC(=O)NC1=C(C)C=CC2CC12C. The van der Waals surface area contributed by atoms with Gasteiger partial charge in [0.25, 0.3) is 0 Å². The lowest BCUT2D eigenvalue weighted by Gasteiger charge is -2.30. The average Bonchev–Trinajstić information content (AvgIpc) is 3.18. The molecule has 0 aromatic carbocycles. The first-order valence-corrected chi connectivity index (χ1v) is 8.59. The Labute approximate surface area is 134 Å². The highest BCUT2D eigenvalue weighted by Crippen LogP contribution is 2.60. The summed E-state index contributed by atoms with van der Waals surface area (Å²) in [5.74, 6) is 0.711. The molecular formula is C18H31N3O. The quantitative estimate of drug-likeness (QED) is 0.724. The normalized spacial score (nSPS) is 27.8. The van der Waals surface area contributed by atoms with Crippen LogP contribution in [0.25, 0.3) is 0 Å². The predicted octanol–water partition coefficient (Wildman–Crippen LogP) is 2.42. The summed E-state index contributed by atoms with van der Waals surface area (Å²) in [5.41, 5.74) is 8.18. The maximum atomic E-state index is 12.5. The van der Waals surface area contributed by atoms with Gasteiger partial charge in [-0.3, -0.25) is 9.69 Å². The minimum Gasteiger partial charge on any atom is -0.330 e. The number of nitrogens with one attached hydrogen (secondary N) is 1. The Bertz CT molecular complexity index is 483. The fourth-order valence-corrected chi connectivity index (χ4v) is 3.70. The fourth-order valence-electron chi connectivity index (χ4n) is 3.70. The third-order valence-corrected chi connectivity index (χ3v) is 5.35. The zero-order chi connectivity index (χ0) is 16.3. The number of nitrogens with two attached hydrogens (primary N) is 1. The van der Waals surface area contributed by atoms with Crippen LogP contribution in [0.1, 0.15) is 47.0 Å². The van der Waals surface area contributed by atoms with Gasteiger partial charge in [0.2, 0.25) is 5.91 Å². The maximum Gasteiger partial charge on any atom is 0.238 e. The summed E-state index contributed by atoms with van der Waals surface area (Å²) in [6, 6.07) is 0.395. The number of allylic oxidation sites excluding steroid dienone is 4. The number of amides is 1. The van der Waals surface area contributed by atoms with Gasteiger partial charge in [-0.1, -0.05) is 32.9 Å². The van der Waals surface area contributed by atoms with Crippen LogP contribution in [0.4, 0.5) is 0 Å². The van der Waals surface area contributed by atoms with Crippen molar-refractivity contribution >= 4 is 5.91 Å². The van der Waals surface area contributed by atoms with Crippen LogP contribution in [0.15, 0.2) is 23.4 Å². The van der Waals surface area contributed by atoms with Crippen LogP contribution in [0.3, 0.4) is 0 Å². The summed E-state index contributed by atoms with van der Waals surface area (Å²) in [6.45, 7) is 10.6. The molecule has 0 saturated heterocycles. The Morgan fingerprint density at radius 3 is 2.86 bits per heavy atom. The Kier molecular flexibility index (Phi) is 5.45. The third-order valence-electron chi connectivity index (χ3n) is 5.35. The Balaban J connectivity index is 1.98. The topological polar surface area (TPSA) is 58.4 Å². The number of hydrogen-bond acceptors (Lipinski definition) is 3. The number of rotatable bonds is 8. The smallest absolute Gasteiger partial charge is 0.238 e. The van der Waals surface area contributed by atoms with Gasteiger partial charge in [-0.05, 0) is 50.8 Å². The van der Waals surface area contributed by atoms with E-state index in [4.69, 9.17) is 5.73 Å². The van der Waals surface area contributed by atoms with E-state index in [9.17, 15) is 4.79 Å². The summed E-state index contributed by atoms with van der Waals surface area (Å²) in [7, 11) is 0. The molecule has 22 heavy (non-hydrogen) atoms. The second-order valence-electron chi connectivity index (χ2n) is 6.90. The molecule has 4 heteroatoms. The highest BCUT2D eigenvalue weighted by atomic mass is 16.2. The van der Waals surface area contributed by atoms with Crippen LogP contribution in [-0.2, 0) is 4.79 Å². The van der Waals surface area contributed by atoms with Gasteiger partial charge < -0.3 is 11.1 Å². The second kappa shape index (κ2) is 6.97. The molecule has 3 unspecified atom stereocenters. The molecule has 0 aromatic heterocycles. The summed E-state index contributed by atoms with van der Waals surface area (Å²) in [5, 5.41) is 3.20. The van der Waals surface area contributed by atoms with E-state index in [1.807, 2.05) is 0 Å². The minimum atomic E-state index is 0.105. The lowest BCUT2D eigenvalue weighted by molar-refractivity contribution is -0.122. The summed E-state index contributed by atoms with van der Waals surface area (Å²) in [6.07, 6.45) is 7.55. The van der Waals surface area contributed by atoms with Crippen molar-refractivity contribution < 1.29 is 4.79 Å². The first-order valence-electron chi connectivity index (χ1n) is 8.59. The molecule has 0 heterocycles. The van der Waals surface area contributed by atoms with E-state index < -0.39 is 0 Å². The number of hydrogen-bond donors (Lipinski definition) is 2.